The SMILES string of the molecule is O=C(CCC[N+]12CCC(CC1)[C@@](O)(c1ccc(F)cc1)C2)c1ccc(Cl)cc1. The zero-order chi connectivity index (χ0) is 19.8. The number of fused-ring (bicyclic) bond motifs is 3. The van der Waals surface area contributed by atoms with Crippen molar-refractivity contribution < 1.29 is 18.8 Å². The van der Waals surface area contributed by atoms with Crippen LogP contribution in [0.4, 0.5) is 4.39 Å². The molecule has 28 heavy (non-hydrogen) atoms. The lowest BCUT2D eigenvalue weighted by atomic mass is 9.70. The topological polar surface area (TPSA) is 37.3 Å². The summed E-state index contributed by atoms with van der Waals surface area (Å²) in [6, 6.07) is 13.3. The number of ketones is 1. The van der Waals surface area contributed by atoms with Crippen LogP contribution in [0.1, 0.15) is 41.6 Å². The van der Waals surface area contributed by atoms with Gasteiger partial charge in [0.25, 0.3) is 0 Å². The summed E-state index contributed by atoms with van der Waals surface area (Å²) in [5, 5.41) is 12.1. The summed E-state index contributed by atoms with van der Waals surface area (Å²) in [5.41, 5.74) is 0.618. The number of nitrogens with zero attached hydrogens (tertiary/aromatic N) is 1. The van der Waals surface area contributed by atoms with Crippen molar-refractivity contribution in [2.75, 3.05) is 26.2 Å². The fourth-order valence-electron chi connectivity index (χ4n) is 5.11. The highest BCUT2D eigenvalue weighted by Gasteiger charge is 2.54. The number of benzene rings is 2. The molecule has 2 bridgehead atoms. The van der Waals surface area contributed by atoms with Crippen LogP contribution < -0.4 is 0 Å². The van der Waals surface area contributed by atoms with Crippen LogP contribution >= 0.6 is 11.6 Å². The van der Waals surface area contributed by atoms with E-state index in [1.807, 2.05) is 0 Å². The monoisotopic (exact) mass is 402 g/mol. The molecule has 3 fully saturated rings. The third kappa shape index (κ3) is 3.73. The predicted molar refractivity (Wildman–Crippen MR) is 108 cm³/mol. The molecule has 3 heterocycles. The molecule has 0 spiro atoms. The van der Waals surface area contributed by atoms with Crippen molar-refractivity contribution in [1.29, 1.82) is 0 Å². The molecule has 5 rings (SSSR count). The van der Waals surface area contributed by atoms with Crippen LogP contribution in [0.25, 0.3) is 0 Å². The molecular formula is C23H26ClFNO2+. The van der Waals surface area contributed by atoms with Gasteiger partial charge in [0.2, 0.25) is 0 Å². The average molecular weight is 403 g/mol. The number of carbonyl (C=O) groups is 1. The summed E-state index contributed by atoms with van der Waals surface area (Å²) in [6.07, 6.45) is 3.24. The molecule has 0 aliphatic carbocycles. The molecule has 1 atom stereocenters. The van der Waals surface area contributed by atoms with Gasteiger partial charge in [-0.1, -0.05) is 23.7 Å². The minimum Gasteiger partial charge on any atom is -0.379 e. The Morgan fingerprint density at radius 1 is 1.11 bits per heavy atom. The molecule has 0 amide bonds. The van der Waals surface area contributed by atoms with Gasteiger partial charge in [-0.3, -0.25) is 4.79 Å². The molecule has 0 unspecified atom stereocenters. The average Bonchev–Trinajstić information content (AvgIpc) is 2.69. The van der Waals surface area contributed by atoms with Gasteiger partial charge in [-0.25, -0.2) is 4.39 Å². The van der Waals surface area contributed by atoms with Gasteiger partial charge in [-0.05, 0) is 42.0 Å². The molecule has 0 saturated carbocycles. The molecule has 2 aromatic rings. The van der Waals surface area contributed by atoms with Gasteiger partial charge in [0.1, 0.15) is 18.0 Å². The first-order chi connectivity index (χ1) is 13.4. The van der Waals surface area contributed by atoms with Crippen molar-refractivity contribution in [3.8, 4) is 0 Å². The lowest BCUT2D eigenvalue weighted by Gasteiger charge is -2.56. The third-order valence-electron chi connectivity index (χ3n) is 6.70. The maximum Gasteiger partial charge on any atom is 0.163 e. The number of halogens is 2. The minimum absolute atomic E-state index is 0.135. The van der Waals surface area contributed by atoms with Crippen LogP contribution in [0, 0.1) is 11.7 Å². The first-order valence-electron chi connectivity index (χ1n) is 10.0. The van der Waals surface area contributed by atoms with E-state index in [0.29, 0.717) is 23.6 Å². The van der Waals surface area contributed by atoms with Gasteiger partial charge in [0, 0.05) is 42.2 Å². The van der Waals surface area contributed by atoms with Gasteiger partial charge in [0.15, 0.2) is 5.78 Å². The van der Waals surface area contributed by atoms with Crippen molar-refractivity contribution in [3.05, 3.63) is 70.5 Å². The second-order valence-electron chi connectivity index (χ2n) is 8.41. The molecule has 0 radical (unpaired) electrons. The Bertz CT molecular complexity index is 844. The largest absolute Gasteiger partial charge is 0.379 e. The summed E-state index contributed by atoms with van der Waals surface area (Å²) in [4.78, 5) is 12.4. The zero-order valence-corrected chi connectivity index (χ0v) is 16.7. The number of aliphatic hydroxyl groups is 1. The fourth-order valence-corrected chi connectivity index (χ4v) is 5.24. The van der Waals surface area contributed by atoms with Crippen LogP contribution in [-0.4, -0.2) is 41.6 Å². The quantitative estimate of drug-likeness (QED) is 0.567. The number of carbonyl (C=O) groups excluding carboxylic acids is 1. The summed E-state index contributed by atoms with van der Waals surface area (Å²) in [6.45, 7) is 3.63. The third-order valence-corrected chi connectivity index (χ3v) is 6.95. The fraction of sp³-hybridized carbons (Fsp3) is 0.435. The Kier molecular flexibility index (Phi) is 5.30. The van der Waals surface area contributed by atoms with Gasteiger partial charge >= 0.3 is 0 Å². The van der Waals surface area contributed by atoms with E-state index >= 15 is 0 Å². The second kappa shape index (κ2) is 7.58. The molecule has 2 aromatic carbocycles. The summed E-state index contributed by atoms with van der Waals surface area (Å²) in [7, 11) is 0. The molecule has 5 heteroatoms. The van der Waals surface area contributed by atoms with Gasteiger partial charge in [-0.15, -0.1) is 0 Å². The summed E-state index contributed by atoms with van der Waals surface area (Å²) in [5.74, 6) is 0.0856. The molecule has 0 aromatic heterocycles. The normalized spacial score (nSPS) is 29.0. The maximum atomic E-state index is 13.3. The van der Waals surface area contributed by atoms with Crippen LogP contribution in [0.15, 0.2) is 48.5 Å². The van der Waals surface area contributed by atoms with Crippen molar-refractivity contribution in [2.24, 2.45) is 5.92 Å². The highest BCUT2D eigenvalue weighted by atomic mass is 35.5. The van der Waals surface area contributed by atoms with E-state index in [1.54, 1.807) is 36.4 Å². The van der Waals surface area contributed by atoms with Crippen LogP contribution in [0.3, 0.4) is 0 Å². The van der Waals surface area contributed by atoms with E-state index in [9.17, 15) is 14.3 Å². The van der Waals surface area contributed by atoms with E-state index < -0.39 is 5.60 Å². The zero-order valence-electron chi connectivity index (χ0n) is 15.9. The molecule has 3 nitrogen and oxygen atoms in total. The Morgan fingerprint density at radius 2 is 1.75 bits per heavy atom. The van der Waals surface area contributed by atoms with Crippen molar-refractivity contribution in [3.63, 3.8) is 0 Å². The van der Waals surface area contributed by atoms with E-state index in [4.69, 9.17) is 11.6 Å². The van der Waals surface area contributed by atoms with E-state index in [-0.39, 0.29) is 17.5 Å². The summed E-state index contributed by atoms with van der Waals surface area (Å²) < 4.78 is 14.2. The Labute approximate surface area is 170 Å². The van der Waals surface area contributed by atoms with Crippen molar-refractivity contribution >= 4 is 17.4 Å². The van der Waals surface area contributed by atoms with Gasteiger partial charge in [-0.2, -0.15) is 0 Å². The number of hydrogen-bond donors (Lipinski definition) is 1. The van der Waals surface area contributed by atoms with Crippen molar-refractivity contribution in [1.82, 2.24) is 0 Å². The molecule has 148 valence electrons. The van der Waals surface area contributed by atoms with Crippen LogP contribution in [0.5, 0.6) is 0 Å². The van der Waals surface area contributed by atoms with E-state index in [1.165, 1.54) is 12.1 Å². The Morgan fingerprint density at radius 3 is 2.39 bits per heavy atom. The summed E-state index contributed by atoms with van der Waals surface area (Å²) >= 11 is 5.89. The van der Waals surface area contributed by atoms with Gasteiger partial charge in [0.05, 0.1) is 19.6 Å². The minimum atomic E-state index is -0.898. The van der Waals surface area contributed by atoms with Crippen molar-refractivity contribution in [2.45, 2.75) is 31.3 Å². The standard InChI is InChI=1S/C23H26ClFNO2/c24-20-7-3-17(4-8-20)22(27)2-1-13-26-14-11-19(12-15-26)23(28,16-26)18-5-9-21(25)10-6-18/h3-10,19,28H,1-2,11-16H2/q+1/t19?,23-,26?/m0/s1. The number of Topliss-reactive ketones (excluding diaryl/α,β-unsaturated/α-hetero) is 1. The molecule has 3 aliphatic heterocycles. The number of hydrogen-bond acceptors (Lipinski definition) is 2. The molecule has 1 N–H and O–H groups in total. The number of quaternary nitrogens is 1. The smallest absolute Gasteiger partial charge is 0.163 e. The number of rotatable bonds is 6. The molecular weight excluding hydrogens is 377 g/mol. The highest BCUT2D eigenvalue weighted by molar-refractivity contribution is 6.30. The predicted octanol–water partition coefficient (Wildman–Crippen LogP) is 4.57. The van der Waals surface area contributed by atoms with E-state index in [0.717, 1.165) is 48.9 Å². The molecule has 3 saturated heterocycles. The maximum absolute atomic E-state index is 13.3. The lowest BCUT2D eigenvalue weighted by molar-refractivity contribution is -0.952. The van der Waals surface area contributed by atoms with Crippen LogP contribution in [-0.2, 0) is 5.60 Å². The first-order valence-corrected chi connectivity index (χ1v) is 10.4. The van der Waals surface area contributed by atoms with E-state index in [2.05, 4.69) is 0 Å². The Balaban J connectivity index is 1.42. The second-order valence-corrected chi connectivity index (χ2v) is 8.85. The highest BCUT2D eigenvalue weighted by Crippen LogP contribution is 2.46. The first kappa shape index (κ1) is 19.6. The lowest BCUT2D eigenvalue weighted by Crippen LogP contribution is -2.67. The number of piperidine rings is 3. The Hall–Kier alpha value is -1.75. The van der Waals surface area contributed by atoms with Gasteiger partial charge < -0.3 is 9.59 Å². The van der Waals surface area contributed by atoms with Crippen LogP contribution in [0.2, 0.25) is 5.02 Å². The molecule has 3 aliphatic rings.